The fraction of sp³-hybridized carbons (Fsp3) is 0.231. The first-order chi connectivity index (χ1) is 9.04. The molecule has 0 spiro atoms. The predicted octanol–water partition coefficient (Wildman–Crippen LogP) is 2.11. The van der Waals surface area contributed by atoms with Crippen LogP contribution in [0.2, 0.25) is 0 Å². The number of nitrogens with one attached hydrogen (secondary N) is 1. The van der Waals surface area contributed by atoms with Crippen molar-refractivity contribution in [3.05, 3.63) is 41.3 Å². The van der Waals surface area contributed by atoms with E-state index >= 15 is 0 Å². The van der Waals surface area contributed by atoms with E-state index in [2.05, 4.69) is 10.2 Å². The molecule has 0 bridgehead atoms. The van der Waals surface area contributed by atoms with Gasteiger partial charge in [-0.25, -0.2) is 4.39 Å². The van der Waals surface area contributed by atoms with Gasteiger partial charge in [-0.15, -0.1) is 0 Å². The van der Waals surface area contributed by atoms with Crippen molar-refractivity contribution in [3.63, 3.8) is 0 Å². The lowest BCUT2D eigenvalue weighted by molar-refractivity contribution is 0.0988. The summed E-state index contributed by atoms with van der Waals surface area (Å²) in [5.41, 5.74) is 7.27. The Labute approximate surface area is 110 Å². The Morgan fingerprint density at radius 2 is 2.05 bits per heavy atom. The van der Waals surface area contributed by atoms with E-state index in [-0.39, 0.29) is 17.5 Å². The maximum Gasteiger partial charge on any atom is 0.263 e. The molecule has 100 valence electrons. The molecule has 0 aliphatic carbocycles. The van der Waals surface area contributed by atoms with Crippen LogP contribution < -0.4 is 10.6 Å². The fourth-order valence-electron chi connectivity index (χ4n) is 1.92. The summed E-state index contributed by atoms with van der Waals surface area (Å²) in [6.45, 7) is 4.02. The normalized spacial score (nSPS) is 10.5. The molecule has 1 aromatic heterocycles. The second-order valence-electron chi connectivity index (χ2n) is 4.13. The van der Waals surface area contributed by atoms with E-state index in [1.165, 1.54) is 17.0 Å². The highest BCUT2D eigenvalue weighted by atomic mass is 19.1. The van der Waals surface area contributed by atoms with E-state index < -0.39 is 0 Å². The summed E-state index contributed by atoms with van der Waals surface area (Å²) >= 11 is 0. The molecule has 2 aromatic rings. The molecule has 0 saturated heterocycles. The molecule has 3 N–H and O–H groups in total. The Bertz CT molecular complexity index is 572. The highest BCUT2D eigenvalue weighted by molar-refractivity contribution is 6.09. The maximum atomic E-state index is 12.9. The van der Waals surface area contributed by atoms with Crippen LogP contribution >= 0.6 is 0 Å². The topological polar surface area (TPSA) is 75.0 Å². The molecule has 5 nitrogen and oxygen atoms in total. The summed E-state index contributed by atoms with van der Waals surface area (Å²) in [7, 11) is 0. The quantitative estimate of drug-likeness (QED) is 0.889. The van der Waals surface area contributed by atoms with Crippen molar-refractivity contribution in [3.8, 4) is 0 Å². The van der Waals surface area contributed by atoms with E-state index in [0.717, 1.165) is 0 Å². The Morgan fingerprint density at radius 1 is 1.42 bits per heavy atom. The first-order valence-electron chi connectivity index (χ1n) is 5.92. The number of carbonyl (C=O) groups excluding carboxylic acids is 1. The number of amides is 1. The van der Waals surface area contributed by atoms with Crippen LogP contribution in [0.25, 0.3) is 0 Å². The number of benzene rings is 1. The summed E-state index contributed by atoms with van der Waals surface area (Å²) < 4.78 is 12.9. The van der Waals surface area contributed by atoms with Gasteiger partial charge in [0, 0.05) is 17.9 Å². The van der Waals surface area contributed by atoms with Crippen molar-refractivity contribution >= 4 is 17.4 Å². The minimum atomic E-state index is -0.341. The number of halogens is 1. The SMILES string of the molecule is CCN(C(=O)c1c(N)n[nH]c1C)c1ccc(F)cc1. The molecule has 1 amide bonds. The Balaban J connectivity index is 2.37. The summed E-state index contributed by atoms with van der Waals surface area (Å²) in [5.74, 6) is -0.424. The highest BCUT2D eigenvalue weighted by Gasteiger charge is 2.22. The zero-order valence-corrected chi connectivity index (χ0v) is 10.8. The highest BCUT2D eigenvalue weighted by Crippen LogP contribution is 2.21. The van der Waals surface area contributed by atoms with Gasteiger partial charge in [0.2, 0.25) is 0 Å². The third-order valence-corrected chi connectivity index (χ3v) is 2.89. The van der Waals surface area contributed by atoms with Gasteiger partial charge in [0.15, 0.2) is 5.82 Å². The van der Waals surface area contributed by atoms with Gasteiger partial charge >= 0.3 is 0 Å². The van der Waals surface area contributed by atoms with Crippen molar-refractivity contribution in [1.82, 2.24) is 10.2 Å². The van der Waals surface area contributed by atoms with Crippen molar-refractivity contribution in [2.75, 3.05) is 17.2 Å². The van der Waals surface area contributed by atoms with Crippen LogP contribution in [0.1, 0.15) is 23.0 Å². The summed E-state index contributed by atoms with van der Waals surface area (Å²) in [6, 6.07) is 5.75. The average molecular weight is 262 g/mol. The number of hydrogen-bond donors (Lipinski definition) is 2. The number of aromatic nitrogens is 2. The molecular formula is C13H15FN4O. The van der Waals surface area contributed by atoms with Crippen molar-refractivity contribution in [2.24, 2.45) is 0 Å². The number of H-pyrrole nitrogens is 1. The Morgan fingerprint density at radius 3 is 2.53 bits per heavy atom. The zero-order valence-electron chi connectivity index (χ0n) is 10.8. The number of nitrogens with two attached hydrogens (primary N) is 1. The van der Waals surface area contributed by atoms with Crippen LogP contribution in [0, 0.1) is 12.7 Å². The van der Waals surface area contributed by atoms with Gasteiger partial charge in [-0.3, -0.25) is 9.89 Å². The first-order valence-corrected chi connectivity index (χ1v) is 5.92. The van der Waals surface area contributed by atoms with Crippen LogP contribution in [0.4, 0.5) is 15.9 Å². The molecule has 6 heteroatoms. The largest absolute Gasteiger partial charge is 0.382 e. The van der Waals surface area contributed by atoms with Crippen molar-refractivity contribution < 1.29 is 9.18 Å². The number of hydrogen-bond acceptors (Lipinski definition) is 3. The summed E-state index contributed by atoms with van der Waals surface area (Å²) in [5, 5.41) is 6.48. The van der Waals surface area contributed by atoms with Crippen LogP contribution in [0.5, 0.6) is 0 Å². The second-order valence-corrected chi connectivity index (χ2v) is 4.13. The van der Waals surface area contributed by atoms with Crippen LogP contribution in [0.15, 0.2) is 24.3 Å². The molecule has 0 fully saturated rings. The van der Waals surface area contributed by atoms with Crippen molar-refractivity contribution in [2.45, 2.75) is 13.8 Å². The third kappa shape index (κ3) is 2.42. The van der Waals surface area contributed by atoms with Gasteiger partial charge in [0.05, 0.1) is 0 Å². The van der Waals surface area contributed by atoms with Gasteiger partial charge in [-0.1, -0.05) is 0 Å². The van der Waals surface area contributed by atoms with E-state index in [0.29, 0.717) is 23.5 Å². The van der Waals surface area contributed by atoms with Gasteiger partial charge in [-0.2, -0.15) is 5.10 Å². The number of anilines is 2. The maximum absolute atomic E-state index is 12.9. The molecule has 0 radical (unpaired) electrons. The van der Waals surface area contributed by atoms with Gasteiger partial charge in [0.25, 0.3) is 5.91 Å². The molecule has 0 atom stereocenters. The van der Waals surface area contributed by atoms with Crippen LogP contribution in [-0.2, 0) is 0 Å². The molecule has 19 heavy (non-hydrogen) atoms. The van der Waals surface area contributed by atoms with E-state index in [9.17, 15) is 9.18 Å². The molecule has 1 aromatic carbocycles. The minimum Gasteiger partial charge on any atom is -0.382 e. The number of nitrogen functional groups attached to an aromatic ring is 1. The minimum absolute atomic E-state index is 0.170. The third-order valence-electron chi connectivity index (χ3n) is 2.89. The van der Waals surface area contributed by atoms with Crippen LogP contribution in [0.3, 0.4) is 0 Å². The number of carbonyl (C=O) groups is 1. The number of nitrogens with zero attached hydrogens (tertiary/aromatic N) is 2. The molecule has 0 aliphatic heterocycles. The van der Waals surface area contributed by atoms with Crippen molar-refractivity contribution in [1.29, 1.82) is 0 Å². The predicted molar refractivity (Wildman–Crippen MR) is 71.5 cm³/mol. The lowest BCUT2D eigenvalue weighted by Gasteiger charge is -2.21. The molecule has 0 saturated carbocycles. The molecule has 2 rings (SSSR count). The van der Waals surface area contributed by atoms with E-state index in [1.807, 2.05) is 6.92 Å². The smallest absolute Gasteiger partial charge is 0.263 e. The molecule has 0 unspecified atom stereocenters. The fourth-order valence-corrected chi connectivity index (χ4v) is 1.92. The van der Waals surface area contributed by atoms with Gasteiger partial charge in [0.1, 0.15) is 11.4 Å². The molecular weight excluding hydrogens is 247 g/mol. The number of rotatable bonds is 3. The van der Waals surface area contributed by atoms with E-state index in [1.54, 1.807) is 19.1 Å². The molecule has 1 heterocycles. The monoisotopic (exact) mass is 262 g/mol. The standard InChI is InChI=1S/C13H15FN4O/c1-3-18(10-6-4-9(14)5-7-10)13(19)11-8(2)16-17-12(11)15/h4-7H,3H2,1-2H3,(H3,15,16,17). The Hall–Kier alpha value is -2.37. The lowest BCUT2D eigenvalue weighted by Crippen LogP contribution is -2.31. The zero-order chi connectivity index (χ0) is 14.0. The molecule has 0 aliphatic rings. The van der Waals surface area contributed by atoms with Crippen LogP contribution in [-0.4, -0.2) is 22.6 Å². The summed E-state index contributed by atoms with van der Waals surface area (Å²) in [6.07, 6.45) is 0. The summed E-state index contributed by atoms with van der Waals surface area (Å²) in [4.78, 5) is 14.0. The first kappa shape index (κ1) is 13.1. The number of aryl methyl sites for hydroxylation is 1. The lowest BCUT2D eigenvalue weighted by atomic mass is 10.2. The van der Waals surface area contributed by atoms with Gasteiger partial charge < -0.3 is 10.6 Å². The Kier molecular flexibility index (Phi) is 3.50. The number of aromatic amines is 1. The van der Waals surface area contributed by atoms with Gasteiger partial charge in [-0.05, 0) is 38.1 Å². The second kappa shape index (κ2) is 5.09. The van der Waals surface area contributed by atoms with E-state index in [4.69, 9.17) is 5.73 Å². The average Bonchev–Trinajstić information content (AvgIpc) is 2.72.